The highest BCUT2D eigenvalue weighted by Crippen LogP contribution is 2.32. The van der Waals surface area contributed by atoms with Crippen LogP contribution in [0.2, 0.25) is 0 Å². The Morgan fingerprint density at radius 1 is 1.21 bits per heavy atom. The third kappa shape index (κ3) is 5.42. The van der Waals surface area contributed by atoms with Crippen LogP contribution in [-0.2, 0) is 4.79 Å². The van der Waals surface area contributed by atoms with Crippen LogP contribution < -0.4 is 20.7 Å². The number of aromatic nitrogens is 2. The molecule has 0 spiro atoms. The van der Waals surface area contributed by atoms with E-state index in [-0.39, 0.29) is 23.8 Å². The van der Waals surface area contributed by atoms with Crippen LogP contribution in [0.5, 0.6) is 5.75 Å². The van der Waals surface area contributed by atoms with E-state index in [1.807, 2.05) is 24.3 Å². The molecule has 1 amide bonds. The zero-order valence-corrected chi connectivity index (χ0v) is 20.0. The van der Waals surface area contributed by atoms with Crippen molar-refractivity contribution in [2.45, 2.75) is 44.2 Å². The minimum Gasteiger partial charge on any atom is -0.497 e. The molecule has 2 aromatic rings. The Morgan fingerprint density at radius 3 is 2.76 bits per heavy atom. The summed E-state index contributed by atoms with van der Waals surface area (Å²) >= 11 is 0. The Labute approximate surface area is 201 Å². The number of ether oxygens (including phenoxy) is 1. The van der Waals surface area contributed by atoms with Gasteiger partial charge in [-0.15, -0.1) is 0 Å². The number of likely N-dealkylation sites (tertiary alicyclic amines) is 1. The number of rotatable bonds is 8. The van der Waals surface area contributed by atoms with Crippen LogP contribution in [0.15, 0.2) is 28.8 Å². The van der Waals surface area contributed by atoms with Crippen molar-refractivity contribution in [3.8, 4) is 17.1 Å². The van der Waals surface area contributed by atoms with Crippen LogP contribution in [0.25, 0.3) is 11.4 Å². The van der Waals surface area contributed by atoms with Crippen LogP contribution in [-0.4, -0.2) is 73.4 Å². The zero-order valence-electron chi connectivity index (χ0n) is 20.0. The summed E-state index contributed by atoms with van der Waals surface area (Å²) in [6.07, 6.45) is 5.23. The minimum atomic E-state index is -0.275. The van der Waals surface area contributed by atoms with Gasteiger partial charge in [0.2, 0.25) is 17.6 Å². The molecule has 1 aromatic heterocycles. The molecule has 0 bridgehead atoms. The smallest absolute Gasteiger partial charge is 0.249 e. The molecule has 1 aromatic carbocycles. The van der Waals surface area contributed by atoms with Crippen LogP contribution in [0, 0.1) is 11.8 Å². The maximum atomic E-state index is 13.2. The van der Waals surface area contributed by atoms with Crippen molar-refractivity contribution in [2.75, 3.05) is 46.4 Å². The quantitative estimate of drug-likeness (QED) is 0.540. The predicted molar refractivity (Wildman–Crippen MR) is 128 cm³/mol. The van der Waals surface area contributed by atoms with Crippen molar-refractivity contribution in [3.63, 3.8) is 0 Å². The van der Waals surface area contributed by atoms with Gasteiger partial charge in [0.15, 0.2) is 0 Å². The van der Waals surface area contributed by atoms with Crippen molar-refractivity contribution >= 4 is 5.91 Å². The molecule has 4 heterocycles. The molecular formula is C25H36N6O3. The van der Waals surface area contributed by atoms with Gasteiger partial charge >= 0.3 is 0 Å². The lowest BCUT2D eigenvalue weighted by Crippen LogP contribution is -2.42. The maximum Gasteiger partial charge on any atom is 0.249 e. The summed E-state index contributed by atoms with van der Waals surface area (Å²) in [4.78, 5) is 20.4. The first-order valence-electron chi connectivity index (χ1n) is 12.6. The van der Waals surface area contributed by atoms with Crippen LogP contribution in [0.1, 0.15) is 44.0 Å². The molecule has 3 fully saturated rings. The molecule has 0 aliphatic carbocycles. The molecule has 0 radical (unpaired) electrons. The number of carbonyl (C=O) groups excluding carboxylic acids is 1. The van der Waals surface area contributed by atoms with Gasteiger partial charge < -0.3 is 30.1 Å². The van der Waals surface area contributed by atoms with Crippen molar-refractivity contribution in [1.82, 2.24) is 31.0 Å². The Hall–Kier alpha value is -2.49. The van der Waals surface area contributed by atoms with Gasteiger partial charge in [-0.05, 0) is 82.5 Å². The summed E-state index contributed by atoms with van der Waals surface area (Å²) in [6.45, 7) is 5.91. The van der Waals surface area contributed by atoms with Gasteiger partial charge in [-0.3, -0.25) is 4.79 Å². The third-order valence-electron chi connectivity index (χ3n) is 7.48. The number of hydrogen-bond acceptors (Lipinski definition) is 8. The topological polar surface area (TPSA) is 105 Å². The molecule has 3 aliphatic heterocycles. The molecular weight excluding hydrogens is 432 g/mol. The van der Waals surface area contributed by atoms with E-state index in [9.17, 15) is 4.79 Å². The second-order valence-corrected chi connectivity index (χ2v) is 9.80. The molecule has 184 valence electrons. The lowest BCUT2D eigenvalue weighted by Gasteiger charge is -2.27. The Kier molecular flexibility index (Phi) is 7.42. The van der Waals surface area contributed by atoms with Crippen LogP contribution in [0.4, 0.5) is 0 Å². The van der Waals surface area contributed by atoms with E-state index < -0.39 is 0 Å². The van der Waals surface area contributed by atoms with E-state index >= 15 is 0 Å². The molecule has 3 saturated heterocycles. The van der Waals surface area contributed by atoms with Gasteiger partial charge in [-0.1, -0.05) is 5.16 Å². The molecule has 3 atom stereocenters. The largest absolute Gasteiger partial charge is 0.497 e. The van der Waals surface area contributed by atoms with Crippen molar-refractivity contribution in [1.29, 1.82) is 0 Å². The first kappa shape index (κ1) is 23.3. The number of nitrogens with zero attached hydrogens (tertiary/aromatic N) is 3. The number of hydrogen-bond donors (Lipinski definition) is 3. The highest BCUT2D eigenvalue weighted by Gasteiger charge is 2.37. The van der Waals surface area contributed by atoms with E-state index in [2.05, 4.69) is 26.0 Å². The van der Waals surface area contributed by atoms with E-state index in [1.54, 1.807) is 7.11 Å². The molecule has 9 heteroatoms. The van der Waals surface area contributed by atoms with Crippen LogP contribution >= 0.6 is 0 Å². The lowest BCUT2D eigenvalue weighted by molar-refractivity contribution is -0.127. The number of nitrogens with one attached hydrogen (secondary N) is 3. The maximum absolute atomic E-state index is 13.2. The number of carbonyl (C=O) groups is 1. The minimum absolute atomic E-state index is 0.0351. The first-order chi connectivity index (χ1) is 16.7. The first-order valence-corrected chi connectivity index (χ1v) is 12.6. The predicted octanol–water partition coefficient (Wildman–Crippen LogP) is 1.98. The third-order valence-corrected chi connectivity index (χ3v) is 7.48. The standard InChI is InChI=1S/C25H36N6O3/c1-33-21-6-4-17(5-7-21)23-29-25(34-30-23)22(28-24(32)18-8-12-26-13-9-18)19-10-14-31(15-19)16-20-3-2-11-27-20/h4-7,18-20,22,26-27H,2-3,8-16H2,1H3,(H,28,32)/t19?,20-,22?/m0/s1. The summed E-state index contributed by atoms with van der Waals surface area (Å²) in [6, 6.07) is 7.90. The van der Waals surface area contributed by atoms with Gasteiger partial charge in [0, 0.05) is 36.5 Å². The highest BCUT2D eigenvalue weighted by molar-refractivity contribution is 5.79. The van der Waals surface area contributed by atoms with E-state index in [0.29, 0.717) is 17.8 Å². The van der Waals surface area contributed by atoms with Gasteiger partial charge in [0.1, 0.15) is 11.8 Å². The Bertz CT molecular complexity index is 936. The molecule has 34 heavy (non-hydrogen) atoms. The van der Waals surface area contributed by atoms with Crippen molar-refractivity contribution in [2.24, 2.45) is 11.8 Å². The fraction of sp³-hybridized carbons (Fsp3) is 0.640. The molecule has 3 aliphatic rings. The average Bonchev–Trinajstić information content (AvgIpc) is 3.66. The number of piperidine rings is 1. The van der Waals surface area contributed by atoms with E-state index in [1.165, 1.54) is 12.8 Å². The number of methoxy groups -OCH3 is 1. The second kappa shape index (κ2) is 10.8. The van der Waals surface area contributed by atoms with Gasteiger partial charge in [0.05, 0.1) is 7.11 Å². The zero-order chi connectivity index (χ0) is 23.3. The SMILES string of the molecule is COc1ccc(-c2noc(C(NC(=O)C3CCNCC3)C3CCN(C[C@@H]4CCCN4)C3)n2)cc1. The Balaban J connectivity index is 1.32. The van der Waals surface area contributed by atoms with Gasteiger partial charge in [-0.2, -0.15) is 4.98 Å². The summed E-state index contributed by atoms with van der Waals surface area (Å²) in [5, 5.41) is 14.5. The molecule has 2 unspecified atom stereocenters. The highest BCUT2D eigenvalue weighted by atomic mass is 16.5. The lowest BCUT2D eigenvalue weighted by atomic mass is 9.94. The van der Waals surface area contributed by atoms with Crippen molar-refractivity contribution in [3.05, 3.63) is 30.2 Å². The normalized spacial score (nSPS) is 24.9. The monoisotopic (exact) mass is 468 g/mol. The summed E-state index contributed by atoms with van der Waals surface area (Å²) < 4.78 is 11.0. The fourth-order valence-electron chi connectivity index (χ4n) is 5.48. The molecule has 0 saturated carbocycles. The summed E-state index contributed by atoms with van der Waals surface area (Å²) in [7, 11) is 1.64. The van der Waals surface area contributed by atoms with Crippen LogP contribution in [0.3, 0.4) is 0 Å². The number of benzene rings is 1. The average molecular weight is 469 g/mol. The Morgan fingerprint density at radius 2 is 2.03 bits per heavy atom. The van der Waals surface area contributed by atoms with E-state index in [4.69, 9.17) is 14.2 Å². The van der Waals surface area contributed by atoms with Crippen molar-refractivity contribution < 1.29 is 14.1 Å². The molecule has 5 rings (SSSR count). The van der Waals surface area contributed by atoms with E-state index in [0.717, 1.165) is 69.8 Å². The molecule has 9 nitrogen and oxygen atoms in total. The number of amides is 1. The summed E-state index contributed by atoms with van der Waals surface area (Å²) in [5.41, 5.74) is 0.861. The second-order valence-electron chi connectivity index (χ2n) is 9.80. The summed E-state index contributed by atoms with van der Waals surface area (Å²) in [5.74, 6) is 2.20. The van der Waals surface area contributed by atoms with Gasteiger partial charge in [-0.25, -0.2) is 0 Å². The fourth-order valence-corrected chi connectivity index (χ4v) is 5.48. The molecule has 3 N–H and O–H groups in total. The van der Waals surface area contributed by atoms with Gasteiger partial charge in [0.25, 0.3) is 0 Å².